The lowest BCUT2D eigenvalue weighted by Crippen LogP contribution is -2.39. The molecule has 1 N–H and O–H groups in total. The second-order valence-corrected chi connectivity index (χ2v) is 7.82. The number of ether oxygens (including phenoxy) is 2. The maximum absolute atomic E-state index is 12.9. The van der Waals surface area contributed by atoms with Gasteiger partial charge in [0.05, 0.1) is 0 Å². The van der Waals surface area contributed by atoms with Crippen LogP contribution in [0.2, 0.25) is 0 Å². The van der Waals surface area contributed by atoms with E-state index >= 15 is 0 Å². The molecule has 30 heavy (non-hydrogen) atoms. The molecule has 0 radical (unpaired) electrons. The van der Waals surface area contributed by atoms with E-state index in [4.69, 9.17) is 13.9 Å². The van der Waals surface area contributed by atoms with Crippen LogP contribution in [0.1, 0.15) is 37.9 Å². The molecule has 0 unspecified atom stereocenters. The smallest absolute Gasteiger partial charge is 0.408 e. The minimum Gasteiger partial charge on any atom is -0.444 e. The maximum atomic E-state index is 12.9. The van der Waals surface area contributed by atoms with Crippen LogP contribution in [0.5, 0.6) is 5.75 Å². The Morgan fingerprint density at radius 3 is 2.40 bits per heavy atom. The topological polar surface area (TPSA) is 94.8 Å². The van der Waals surface area contributed by atoms with Crippen molar-refractivity contribution in [2.45, 2.75) is 39.3 Å². The molecule has 0 aliphatic heterocycles. The fourth-order valence-electron chi connectivity index (χ4n) is 2.89. The number of hydrogen-bond donors (Lipinski definition) is 1. The van der Waals surface area contributed by atoms with Crippen LogP contribution in [-0.2, 0) is 9.53 Å². The summed E-state index contributed by atoms with van der Waals surface area (Å²) in [7, 11) is 0. The van der Waals surface area contributed by atoms with Gasteiger partial charge in [-0.15, -0.1) is 0 Å². The lowest BCUT2D eigenvalue weighted by atomic mass is 10.1. The molecule has 7 nitrogen and oxygen atoms in total. The van der Waals surface area contributed by atoms with Crippen LogP contribution in [0.3, 0.4) is 0 Å². The van der Waals surface area contributed by atoms with Gasteiger partial charge in [0, 0.05) is 17.5 Å². The van der Waals surface area contributed by atoms with Gasteiger partial charge in [0.25, 0.3) is 0 Å². The fraction of sp³-hybridized carbons (Fsp3) is 0.261. The standard InChI is InChI=1S/C23H23NO6/c1-14-12-19(25)29-18-13-16(10-11-17(14)18)28-21(26)20(15-8-6-5-7-9-15)24-22(27)30-23(2,3)4/h5-13,20H,1-4H3,(H,24,27)/t20-/m0/s1. The summed E-state index contributed by atoms with van der Waals surface area (Å²) in [4.78, 5) is 36.8. The Morgan fingerprint density at radius 1 is 1.03 bits per heavy atom. The molecule has 7 heteroatoms. The summed E-state index contributed by atoms with van der Waals surface area (Å²) in [6.45, 7) is 6.98. The van der Waals surface area contributed by atoms with Gasteiger partial charge in [-0.05, 0) is 51.0 Å². The predicted molar refractivity (Wildman–Crippen MR) is 111 cm³/mol. The number of carbonyl (C=O) groups excluding carboxylic acids is 2. The Morgan fingerprint density at radius 2 is 1.73 bits per heavy atom. The number of benzene rings is 2. The Balaban J connectivity index is 1.87. The van der Waals surface area contributed by atoms with Crippen molar-refractivity contribution in [3.05, 3.63) is 76.1 Å². The first-order valence-electron chi connectivity index (χ1n) is 9.43. The molecule has 1 atom stereocenters. The molecule has 0 spiro atoms. The number of rotatable bonds is 4. The lowest BCUT2D eigenvalue weighted by molar-refractivity contribution is -0.137. The molecule has 0 saturated heterocycles. The summed E-state index contributed by atoms with van der Waals surface area (Å²) in [6.07, 6.45) is -0.742. The van der Waals surface area contributed by atoms with E-state index in [0.29, 0.717) is 11.1 Å². The van der Waals surface area contributed by atoms with Crippen molar-refractivity contribution in [1.29, 1.82) is 0 Å². The third kappa shape index (κ3) is 5.26. The number of aryl methyl sites for hydroxylation is 1. The van der Waals surface area contributed by atoms with E-state index in [1.807, 2.05) is 0 Å². The molecule has 2 aromatic carbocycles. The van der Waals surface area contributed by atoms with E-state index in [0.717, 1.165) is 10.9 Å². The molecule has 3 aromatic rings. The molecule has 3 rings (SSSR count). The minimum absolute atomic E-state index is 0.188. The van der Waals surface area contributed by atoms with Gasteiger partial charge < -0.3 is 19.2 Å². The average molecular weight is 409 g/mol. The summed E-state index contributed by atoms with van der Waals surface area (Å²) < 4.78 is 15.9. The summed E-state index contributed by atoms with van der Waals surface area (Å²) in [6, 6.07) is 13.8. The Labute approximate surface area is 173 Å². The van der Waals surface area contributed by atoms with Gasteiger partial charge in [-0.25, -0.2) is 14.4 Å². The van der Waals surface area contributed by atoms with Crippen LogP contribution < -0.4 is 15.7 Å². The monoisotopic (exact) mass is 409 g/mol. The molecule has 0 fully saturated rings. The lowest BCUT2D eigenvalue weighted by Gasteiger charge is -2.23. The molecule has 0 aliphatic rings. The highest BCUT2D eigenvalue weighted by Crippen LogP contribution is 2.24. The molecule has 1 aromatic heterocycles. The fourth-order valence-corrected chi connectivity index (χ4v) is 2.89. The molecular weight excluding hydrogens is 386 g/mol. The molecule has 0 saturated carbocycles. The first kappa shape index (κ1) is 21.1. The molecule has 1 amide bonds. The van der Waals surface area contributed by atoms with Crippen molar-refractivity contribution in [3.63, 3.8) is 0 Å². The zero-order chi connectivity index (χ0) is 21.9. The number of amides is 1. The third-order valence-electron chi connectivity index (χ3n) is 4.17. The van der Waals surface area contributed by atoms with Crippen LogP contribution >= 0.6 is 0 Å². The van der Waals surface area contributed by atoms with Crippen LogP contribution in [0.15, 0.2) is 63.8 Å². The third-order valence-corrected chi connectivity index (χ3v) is 4.17. The van der Waals surface area contributed by atoms with E-state index in [2.05, 4.69) is 5.32 Å². The second-order valence-electron chi connectivity index (χ2n) is 7.82. The van der Waals surface area contributed by atoms with Crippen molar-refractivity contribution < 1.29 is 23.5 Å². The van der Waals surface area contributed by atoms with E-state index in [1.54, 1.807) is 70.2 Å². The van der Waals surface area contributed by atoms with Gasteiger partial charge in [-0.3, -0.25) is 0 Å². The number of nitrogens with one attached hydrogen (secondary N) is 1. The van der Waals surface area contributed by atoms with Gasteiger partial charge in [0.2, 0.25) is 0 Å². The summed E-state index contributed by atoms with van der Waals surface area (Å²) in [5.41, 5.74) is 0.395. The first-order valence-corrected chi connectivity index (χ1v) is 9.43. The zero-order valence-electron chi connectivity index (χ0n) is 17.2. The van der Waals surface area contributed by atoms with Crippen molar-refractivity contribution in [3.8, 4) is 5.75 Å². The Hall–Kier alpha value is -3.61. The molecule has 1 heterocycles. The highest BCUT2D eigenvalue weighted by atomic mass is 16.6. The highest BCUT2D eigenvalue weighted by Gasteiger charge is 2.27. The van der Waals surface area contributed by atoms with Crippen LogP contribution in [0.4, 0.5) is 4.79 Å². The SMILES string of the molecule is Cc1cc(=O)oc2cc(OC(=O)[C@@H](NC(=O)OC(C)(C)C)c3ccccc3)ccc12. The second kappa shape index (κ2) is 8.41. The molecule has 0 bridgehead atoms. The van der Waals surface area contributed by atoms with Gasteiger partial charge in [0.15, 0.2) is 6.04 Å². The van der Waals surface area contributed by atoms with Gasteiger partial charge in [-0.1, -0.05) is 30.3 Å². The van der Waals surface area contributed by atoms with Crippen LogP contribution in [0, 0.1) is 6.92 Å². The number of alkyl carbamates (subject to hydrolysis) is 1. The summed E-state index contributed by atoms with van der Waals surface area (Å²) >= 11 is 0. The van der Waals surface area contributed by atoms with Crippen molar-refractivity contribution in [2.24, 2.45) is 0 Å². The van der Waals surface area contributed by atoms with E-state index in [-0.39, 0.29) is 5.75 Å². The zero-order valence-corrected chi connectivity index (χ0v) is 17.2. The quantitative estimate of drug-likeness (QED) is 0.393. The van der Waals surface area contributed by atoms with E-state index in [1.165, 1.54) is 12.1 Å². The Bertz CT molecular complexity index is 1130. The van der Waals surface area contributed by atoms with Gasteiger partial charge in [0.1, 0.15) is 16.9 Å². The number of hydrogen-bond acceptors (Lipinski definition) is 6. The van der Waals surface area contributed by atoms with Crippen molar-refractivity contribution >= 4 is 23.0 Å². The van der Waals surface area contributed by atoms with Crippen LogP contribution in [0.25, 0.3) is 11.0 Å². The van der Waals surface area contributed by atoms with Gasteiger partial charge >= 0.3 is 17.7 Å². The average Bonchev–Trinajstić information content (AvgIpc) is 2.65. The molecule has 0 aliphatic carbocycles. The first-order chi connectivity index (χ1) is 14.1. The number of carbonyl (C=O) groups is 2. The maximum Gasteiger partial charge on any atom is 0.408 e. The summed E-state index contributed by atoms with van der Waals surface area (Å²) in [5.74, 6) is -0.519. The Kier molecular flexibility index (Phi) is 5.91. The normalized spacial score (nSPS) is 12.3. The highest BCUT2D eigenvalue weighted by molar-refractivity contribution is 5.86. The predicted octanol–water partition coefficient (Wildman–Crippen LogP) is 4.27. The minimum atomic E-state index is -1.08. The molecule has 156 valence electrons. The van der Waals surface area contributed by atoms with E-state index < -0.39 is 29.3 Å². The number of esters is 1. The van der Waals surface area contributed by atoms with E-state index in [9.17, 15) is 14.4 Å². The number of fused-ring (bicyclic) bond motifs is 1. The molecular formula is C23H23NO6. The largest absolute Gasteiger partial charge is 0.444 e. The van der Waals surface area contributed by atoms with Gasteiger partial charge in [-0.2, -0.15) is 0 Å². The van der Waals surface area contributed by atoms with Crippen molar-refractivity contribution in [2.75, 3.05) is 0 Å². The van der Waals surface area contributed by atoms with Crippen LogP contribution in [-0.4, -0.2) is 17.7 Å². The summed E-state index contributed by atoms with van der Waals surface area (Å²) in [5, 5.41) is 3.29. The van der Waals surface area contributed by atoms with Crippen molar-refractivity contribution in [1.82, 2.24) is 5.32 Å².